The molecular formula is C19H24N2O2. The van der Waals surface area contributed by atoms with Crippen molar-refractivity contribution in [1.82, 2.24) is 5.06 Å². The Labute approximate surface area is 137 Å². The first-order valence-corrected chi connectivity index (χ1v) is 8.81. The van der Waals surface area contributed by atoms with E-state index in [0.29, 0.717) is 13.2 Å². The smallest absolute Gasteiger partial charge is 0.0970 e. The molecule has 122 valence electrons. The predicted octanol–water partition coefficient (Wildman–Crippen LogP) is 3.43. The van der Waals surface area contributed by atoms with Crippen LogP contribution in [-0.2, 0) is 16.2 Å². The third kappa shape index (κ3) is 2.57. The number of nitrogens with zero attached hydrogens (tertiary/aromatic N) is 2. The summed E-state index contributed by atoms with van der Waals surface area (Å²) in [5.74, 6) is 0.0353. The highest BCUT2D eigenvalue weighted by atomic mass is 16.7. The standard InChI is InChI=1S/C19H24N2O2/c20-12-17-18-9-5-11-19(17)10-4-8-16(21(19)23-18)14-22-13-15-6-2-1-3-7-15/h1-3,6-7,16-18H,4-5,8-11,13-14H2/t16-,17-,18-,19+/m0/s1. The molecule has 2 saturated heterocycles. The highest BCUT2D eigenvalue weighted by Crippen LogP contribution is 2.52. The van der Waals surface area contributed by atoms with Crippen LogP contribution in [0.3, 0.4) is 0 Å². The van der Waals surface area contributed by atoms with Gasteiger partial charge < -0.3 is 4.74 Å². The normalized spacial score (nSPS) is 36.4. The van der Waals surface area contributed by atoms with Crippen molar-refractivity contribution in [3.63, 3.8) is 0 Å². The Balaban J connectivity index is 1.43. The summed E-state index contributed by atoms with van der Waals surface area (Å²) in [5, 5.41) is 11.8. The minimum Gasteiger partial charge on any atom is -0.375 e. The van der Waals surface area contributed by atoms with Crippen molar-refractivity contribution in [2.24, 2.45) is 5.92 Å². The number of piperidine rings is 1. The zero-order valence-electron chi connectivity index (χ0n) is 13.5. The third-order valence-electron chi connectivity index (χ3n) is 5.78. The Morgan fingerprint density at radius 2 is 2.00 bits per heavy atom. The van der Waals surface area contributed by atoms with Crippen molar-refractivity contribution in [3.05, 3.63) is 35.9 Å². The molecule has 4 rings (SSSR count). The molecule has 0 aromatic heterocycles. The van der Waals surface area contributed by atoms with Gasteiger partial charge in [-0.15, -0.1) is 0 Å². The molecule has 0 amide bonds. The first-order valence-electron chi connectivity index (χ1n) is 8.81. The van der Waals surface area contributed by atoms with E-state index in [1.165, 1.54) is 18.4 Å². The largest absolute Gasteiger partial charge is 0.375 e. The number of ether oxygens (including phenoxy) is 1. The summed E-state index contributed by atoms with van der Waals surface area (Å²) in [7, 11) is 0. The molecule has 2 bridgehead atoms. The molecule has 4 atom stereocenters. The molecular weight excluding hydrogens is 288 g/mol. The molecule has 1 aromatic rings. The fraction of sp³-hybridized carbons (Fsp3) is 0.632. The molecule has 0 radical (unpaired) electrons. The average Bonchev–Trinajstić information content (AvgIpc) is 2.77. The Bertz CT molecular complexity index is 581. The molecule has 1 saturated carbocycles. The lowest BCUT2D eigenvalue weighted by atomic mass is 9.68. The van der Waals surface area contributed by atoms with E-state index in [2.05, 4.69) is 23.3 Å². The molecule has 2 aliphatic heterocycles. The van der Waals surface area contributed by atoms with Crippen LogP contribution in [0, 0.1) is 17.2 Å². The quantitative estimate of drug-likeness (QED) is 0.854. The van der Waals surface area contributed by atoms with Gasteiger partial charge in [0.2, 0.25) is 0 Å². The zero-order valence-corrected chi connectivity index (χ0v) is 13.5. The van der Waals surface area contributed by atoms with E-state index >= 15 is 0 Å². The molecule has 1 aromatic carbocycles. The van der Waals surface area contributed by atoms with Crippen LogP contribution in [0.2, 0.25) is 0 Å². The van der Waals surface area contributed by atoms with Crippen LogP contribution in [-0.4, -0.2) is 29.4 Å². The molecule has 4 heteroatoms. The minimum absolute atomic E-state index is 0.0353. The number of fused-ring (bicyclic) bond motifs is 1. The van der Waals surface area contributed by atoms with Gasteiger partial charge >= 0.3 is 0 Å². The second-order valence-corrected chi connectivity index (χ2v) is 7.12. The highest BCUT2D eigenvalue weighted by Gasteiger charge is 2.60. The second-order valence-electron chi connectivity index (χ2n) is 7.12. The van der Waals surface area contributed by atoms with E-state index in [1.54, 1.807) is 0 Å². The molecule has 2 heterocycles. The van der Waals surface area contributed by atoms with Gasteiger partial charge in [-0.3, -0.25) is 4.84 Å². The van der Waals surface area contributed by atoms with Crippen LogP contribution >= 0.6 is 0 Å². The summed E-state index contributed by atoms with van der Waals surface area (Å²) in [6, 6.07) is 13.1. The van der Waals surface area contributed by atoms with Gasteiger partial charge in [0.05, 0.1) is 42.9 Å². The molecule has 4 nitrogen and oxygen atoms in total. The van der Waals surface area contributed by atoms with Crippen molar-refractivity contribution in [2.45, 2.75) is 62.8 Å². The highest BCUT2D eigenvalue weighted by molar-refractivity contribution is 5.15. The van der Waals surface area contributed by atoms with Crippen LogP contribution < -0.4 is 0 Å². The Hall–Kier alpha value is -1.41. The van der Waals surface area contributed by atoms with Crippen LogP contribution in [0.15, 0.2) is 30.3 Å². The van der Waals surface area contributed by atoms with Crippen molar-refractivity contribution in [3.8, 4) is 6.07 Å². The maximum Gasteiger partial charge on any atom is 0.0970 e. The number of benzene rings is 1. The average molecular weight is 312 g/mol. The first kappa shape index (κ1) is 15.1. The van der Waals surface area contributed by atoms with Crippen LogP contribution in [0.5, 0.6) is 0 Å². The van der Waals surface area contributed by atoms with E-state index in [-0.39, 0.29) is 23.6 Å². The topological polar surface area (TPSA) is 45.5 Å². The number of hydroxylamine groups is 2. The number of hydrogen-bond acceptors (Lipinski definition) is 4. The summed E-state index contributed by atoms with van der Waals surface area (Å²) >= 11 is 0. The fourth-order valence-electron chi connectivity index (χ4n) is 4.73. The summed E-state index contributed by atoms with van der Waals surface area (Å²) < 4.78 is 5.98. The van der Waals surface area contributed by atoms with Gasteiger partial charge in [0, 0.05) is 0 Å². The zero-order chi connectivity index (χ0) is 15.7. The van der Waals surface area contributed by atoms with Crippen molar-refractivity contribution in [2.75, 3.05) is 6.61 Å². The predicted molar refractivity (Wildman–Crippen MR) is 86.1 cm³/mol. The van der Waals surface area contributed by atoms with E-state index in [1.807, 2.05) is 18.2 Å². The van der Waals surface area contributed by atoms with Gasteiger partial charge in [-0.25, -0.2) is 0 Å². The molecule has 0 unspecified atom stereocenters. The molecule has 23 heavy (non-hydrogen) atoms. The molecule has 0 N–H and O–H groups in total. The summed E-state index contributed by atoms with van der Waals surface area (Å²) in [6.07, 6.45) is 6.76. The SMILES string of the molecule is N#C[C@H]1[C@@H]2CCC[C@]13CCC[C@@H](COCc1ccccc1)N3O2. The van der Waals surface area contributed by atoms with Crippen LogP contribution in [0.1, 0.15) is 44.1 Å². The number of hydrogen-bond donors (Lipinski definition) is 0. The van der Waals surface area contributed by atoms with Crippen LogP contribution in [0.4, 0.5) is 0 Å². The minimum atomic E-state index is -0.0450. The van der Waals surface area contributed by atoms with Gasteiger partial charge in [0.25, 0.3) is 0 Å². The lowest BCUT2D eigenvalue weighted by Crippen LogP contribution is -2.56. The van der Waals surface area contributed by atoms with E-state index in [9.17, 15) is 5.26 Å². The second kappa shape index (κ2) is 6.24. The van der Waals surface area contributed by atoms with Gasteiger partial charge in [-0.05, 0) is 44.1 Å². The van der Waals surface area contributed by atoms with Crippen LogP contribution in [0.25, 0.3) is 0 Å². The fourth-order valence-corrected chi connectivity index (χ4v) is 4.73. The molecule has 1 aliphatic carbocycles. The van der Waals surface area contributed by atoms with Gasteiger partial charge in [-0.1, -0.05) is 30.3 Å². The molecule has 1 spiro atoms. The first-order chi connectivity index (χ1) is 11.3. The number of rotatable bonds is 4. The lowest BCUT2D eigenvalue weighted by Gasteiger charge is -2.46. The van der Waals surface area contributed by atoms with Crippen molar-refractivity contribution < 1.29 is 9.57 Å². The molecule has 3 fully saturated rings. The van der Waals surface area contributed by atoms with Crippen molar-refractivity contribution >= 4 is 0 Å². The number of nitriles is 1. The maximum atomic E-state index is 9.63. The summed E-state index contributed by atoms with van der Waals surface area (Å²) in [4.78, 5) is 6.23. The van der Waals surface area contributed by atoms with Crippen molar-refractivity contribution in [1.29, 1.82) is 5.26 Å². The molecule has 3 aliphatic rings. The Morgan fingerprint density at radius 3 is 2.78 bits per heavy atom. The van der Waals surface area contributed by atoms with E-state index < -0.39 is 0 Å². The van der Waals surface area contributed by atoms with Gasteiger partial charge in [0.15, 0.2) is 0 Å². The maximum absolute atomic E-state index is 9.63. The van der Waals surface area contributed by atoms with Gasteiger partial charge in [0.1, 0.15) is 0 Å². The van der Waals surface area contributed by atoms with E-state index in [4.69, 9.17) is 9.57 Å². The summed E-state index contributed by atoms with van der Waals surface area (Å²) in [6.45, 7) is 1.32. The Morgan fingerprint density at radius 1 is 1.22 bits per heavy atom. The van der Waals surface area contributed by atoms with E-state index in [0.717, 1.165) is 25.7 Å². The Kier molecular flexibility index (Phi) is 4.11. The summed E-state index contributed by atoms with van der Waals surface area (Å²) in [5.41, 5.74) is 1.16. The monoisotopic (exact) mass is 312 g/mol. The third-order valence-corrected chi connectivity index (χ3v) is 5.78. The lowest BCUT2D eigenvalue weighted by molar-refractivity contribution is -0.231. The van der Waals surface area contributed by atoms with Gasteiger partial charge in [-0.2, -0.15) is 10.3 Å².